The molecule has 23 heavy (non-hydrogen) atoms. The average molecular weight is 336 g/mol. The second-order valence-electron chi connectivity index (χ2n) is 4.70. The van der Waals surface area contributed by atoms with E-state index in [2.05, 4.69) is 11.9 Å². The normalized spacial score (nSPS) is 11.7. The Kier molecular flexibility index (Phi) is 5.18. The van der Waals surface area contributed by atoms with E-state index in [1.165, 1.54) is 31.2 Å². The molecule has 1 N–H and O–H groups in total. The second-order valence-corrected chi connectivity index (χ2v) is 5.13. The van der Waals surface area contributed by atoms with Gasteiger partial charge in [-0.2, -0.15) is 0 Å². The largest absolute Gasteiger partial charge is 0.449 e. The van der Waals surface area contributed by atoms with Crippen LogP contribution in [0.2, 0.25) is 5.02 Å². The molecule has 0 saturated carbocycles. The summed E-state index contributed by atoms with van der Waals surface area (Å²) in [5.41, 5.74) is -0.220. The van der Waals surface area contributed by atoms with Crippen LogP contribution in [0.15, 0.2) is 46.1 Å². The molecule has 0 bridgehead atoms. The van der Waals surface area contributed by atoms with Gasteiger partial charge in [-0.3, -0.25) is 9.59 Å². The van der Waals surface area contributed by atoms with E-state index < -0.39 is 23.4 Å². The number of ether oxygens (including phenoxy) is 1. The fourth-order valence-corrected chi connectivity index (χ4v) is 1.99. The maximum atomic E-state index is 12.0. The molecule has 0 spiro atoms. The number of hydrogen-bond acceptors (Lipinski definition) is 5. The predicted octanol–water partition coefficient (Wildman–Crippen LogP) is 2.29. The third kappa shape index (κ3) is 3.98. The van der Waals surface area contributed by atoms with Gasteiger partial charge in [0.2, 0.25) is 5.76 Å². The molecule has 0 aliphatic carbocycles. The summed E-state index contributed by atoms with van der Waals surface area (Å²) in [6, 6.07) is 5.47. The Balaban J connectivity index is 2.21. The van der Waals surface area contributed by atoms with E-state index in [1.54, 1.807) is 0 Å². The first-order chi connectivity index (χ1) is 10.9. The number of halogens is 1. The predicted molar refractivity (Wildman–Crippen MR) is 85.6 cm³/mol. The first kappa shape index (κ1) is 16.8. The Hall–Kier alpha value is -2.60. The van der Waals surface area contributed by atoms with Crippen LogP contribution in [0.5, 0.6) is 0 Å². The summed E-state index contributed by atoms with van der Waals surface area (Å²) in [7, 11) is 0. The molecule has 1 aromatic carbocycles. The van der Waals surface area contributed by atoms with Crippen LogP contribution >= 0.6 is 11.6 Å². The van der Waals surface area contributed by atoms with Gasteiger partial charge in [0.1, 0.15) is 5.58 Å². The second kappa shape index (κ2) is 7.11. The van der Waals surface area contributed by atoms with Gasteiger partial charge in [-0.15, -0.1) is 6.58 Å². The summed E-state index contributed by atoms with van der Waals surface area (Å²) in [6.45, 7) is 5.13. The minimum absolute atomic E-state index is 0.206. The van der Waals surface area contributed by atoms with Gasteiger partial charge in [-0.25, -0.2) is 4.79 Å². The molecule has 0 saturated heterocycles. The molecule has 1 amide bonds. The van der Waals surface area contributed by atoms with E-state index in [9.17, 15) is 14.4 Å². The molecule has 1 heterocycles. The van der Waals surface area contributed by atoms with E-state index >= 15 is 0 Å². The highest BCUT2D eigenvalue weighted by atomic mass is 35.5. The topological polar surface area (TPSA) is 85.6 Å². The number of carbonyl (C=O) groups excluding carboxylic acids is 2. The third-order valence-electron chi connectivity index (χ3n) is 2.96. The lowest BCUT2D eigenvalue weighted by Crippen LogP contribution is -2.35. The van der Waals surface area contributed by atoms with Crippen LogP contribution < -0.4 is 10.7 Å². The van der Waals surface area contributed by atoms with Gasteiger partial charge in [-0.1, -0.05) is 17.7 Å². The number of fused-ring (bicyclic) bond motifs is 1. The summed E-state index contributed by atoms with van der Waals surface area (Å²) in [6.07, 6.45) is 0.466. The maximum absolute atomic E-state index is 12.0. The molecule has 0 unspecified atom stereocenters. The fraction of sp³-hybridized carbons (Fsp3) is 0.188. The number of esters is 1. The molecule has 0 radical (unpaired) electrons. The van der Waals surface area contributed by atoms with Crippen molar-refractivity contribution in [2.24, 2.45) is 0 Å². The highest BCUT2D eigenvalue weighted by Gasteiger charge is 2.21. The maximum Gasteiger partial charge on any atom is 0.375 e. The van der Waals surface area contributed by atoms with E-state index in [0.717, 1.165) is 6.07 Å². The molecule has 6 nitrogen and oxygen atoms in total. The molecular formula is C16H14ClNO5. The van der Waals surface area contributed by atoms with Crippen molar-refractivity contribution in [2.75, 3.05) is 6.54 Å². The van der Waals surface area contributed by atoms with Gasteiger partial charge in [-0.05, 0) is 25.1 Å². The van der Waals surface area contributed by atoms with Crippen molar-refractivity contribution in [1.82, 2.24) is 5.32 Å². The van der Waals surface area contributed by atoms with Crippen LogP contribution in [-0.4, -0.2) is 24.5 Å². The average Bonchev–Trinajstić information content (AvgIpc) is 2.52. The Bertz CT molecular complexity index is 827. The molecule has 1 aromatic heterocycles. The van der Waals surface area contributed by atoms with Crippen LogP contribution in [0.1, 0.15) is 17.5 Å². The first-order valence-corrected chi connectivity index (χ1v) is 7.13. The zero-order valence-corrected chi connectivity index (χ0v) is 13.1. The van der Waals surface area contributed by atoms with Gasteiger partial charge in [0.25, 0.3) is 5.91 Å². The number of amides is 1. The lowest BCUT2D eigenvalue weighted by molar-refractivity contribution is -0.128. The summed E-state index contributed by atoms with van der Waals surface area (Å²) in [5, 5.41) is 3.13. The summed E-state index contributed by atoms with van der Waals surface area (Å²) < 4.78 is 10.3. The highest BCUT2D eigenvalue weighted by molar-refractivity contribution is 6.31. The van der Waals surface area contributed by atoms with Gasteiger partial charge >= 0.3 is 5.97 Å². The Morgan fingerprint density at radius 2 is 2.17 bits per heavy atom. The quantitative estimate of drug-likeness (QED) is 0.669. The minimum Gasteiger partial charge on any atom is -0.449 e. The van der Waals surface area contributed by atoms with Crippen LogP contribution in [0.25, 0.3) is 11.0 Å². The Morgan fingerprint density at radius 3 is 2.87 bits per heavy atom. The van der Waals surface area contributed by atoms with Crippen molar-refractivity contribution in [3.63, 3.8) is 0 Å². The number of benzene rings is 1. The molecular weight excluding hydrogens is 322 g/mol. The van der Waals surface area contributed by atoms with Crippen molar-refractivity contribution < 1.29 is 18.7 Å². The Morgan fingerprint density at radius 1 is 1.43 bits per heavy atom. The van der Waals surface area contributed by atoms with E-state index in [1.807, 2.05) is 0 Å². The highest BCUT2D eigenvalue weighted by Crippen LogP contribution is 2.18. The number of rotatable bonds is 5. The standard InChI is InChI=1S/C16H14ClNO5/c1-3-6-18-15(20)9(2)22-16(21)14-8-12(19)11-7-10(17)4-5-13(11)23-14/h3-5,7-9H,1,6H2,2H3,(H,18,20)/t9-/m0/s1. The zero-order valence-electron chi connectivity index (χ0n) is 12.3. The summed E-state index contributed by atoms with van der Waals surface area (Å²) in [5.74, 6) is -1.67. The molecule has 2 aromatic rings. The van der Waals surface area contributed by atoms with Gasteiger partial charge in [0.15, 0.2) is 11.5 Å². The monoisotopic (exact) mass is 335 g/mol. The third-order valence-corrected chi connectivity index (χ3v) is 3.20. The number of carbonyl (C=O) groups is 2. The van der Waals surface area contributed by atoms with Crippen LogP contribution in [0, 0.1) is 0 Å². The van der Waals surface area contributed by atoms with Crippen LogP contribution in [-0.2, 0) is 9.53 Å². The van der Waals surface area contributed by atoms with Crippen molar-refractivity contribution in [3.05, 3.63) is 57.9 Å². The van der Waals surface area contributed by atoms with Gasteiger partial charge < -0.3 is 14.5 Å². The van der Waals surface area contributed by atoms with Crippen LogP contribution in [0.4, 0.5) is 0 Å². The lowest BCUT2D eigenvalue weighted by Gasteiger charge is -2.12. The van der Waals surface area contributed by atoms with Crippen molar-refractivity contribution in [3.8, 4) is 0 Å². The molecule has 1 atom stereocenters. The Labute approximate surface area is 136 Å². The minimum atomic E-state index is -1.03. The lowest BCUT2D eigenvalue weighted by atomic mass is 10.2. The molecule has 0 fully saturated rings. The van der Waals surface area contributed by atoms with Crippen molar-refractivity contribution >= 4 is 34.4 Å². The van der Waals surface area contributed by atoms with Gasteiger partial charge in [0, 0.05) is 17.6 Å². The first-order valence-electron chi connectivity index (χ1n) is 6.75. The molecule has 7 heteroatoms. The molecule has 2 rings (SSSR count). The van der Waals surface area contributed by atoms with E-state index in [0.29, 0.717) is 5.02 Å². The molecule has 0 aliphatic heterocycles. The smallest absolute Gasteiger partial charge is 0.375 e. The molecule has 0 aliphatic rings. The van der Waals surface area contributed by atoms with Gasteiger partial charge in [0.05, 0.1) is 5.39 Å². The number of hydrogen-bond donors (Lipinski definition) is 1. The molecule has 120 valence electrons. The van der Waals surface area contributed by atoms with Crippen LogP contribution in [0.3, 0.4) is 0 Å². The SMILES string of the molecule is C=CCNC(=O)[C@H](C)OC(=O)c1cc(=O)c2cc(Cl)ccc2o1. The van der Waals surface area contributed by atoms with E-state index in [-0.39, 0.29) is 23.3 Å². The van der Waals surface area contributed by atoms with E-state index in [4.69, 9.17) is 20.8 Å². The zero-order chi connectivity index (χ0) is 17.0. The van der Waals surface area contributed by atoms with Crippen molar-refractivity contribution in [2.45, 2.75) is 13.0 Å². The fourth-order valence-electron chi connectivity index (χ4n) is 1.82. The van der Waals surface area contributed by atoms with Crippen molar-refractivity contribution in [1.29, 1.82) is 0 Å². The summed E-state index contributed by atoms with van der Waals surface area (Å²) in [4.78, 5) is 35.7. The number of nitrogens with one attached hydrogen (secondary N) is 1. The summed E-state index contributed by atoms with van der Waals surface area (Å²) >= 11 is 5.81.